The highest BCUT2D eigenvalue weighted by Crippen LogP contribution is 2.21. The number of carbonyl (C=O) groups is 5. The van der Waals surface area contributed by atoms with Gasteiger partial charge < -0.3 is 42.5 Å². The maximum atomic E-state index is 13.8. The van der Waals surface area contributed by atoms with Crippen molar-refractivity contribution in [3.05, 3.63) is 72.1 Å². The van der Waals surface area contributed by atoms with E-state index >= 15 is 0 Å². The number of H-pyrrole nitrogens is 2. The molecule has 13 heteroatoms. The van der Waals surface area contributed by atoms with Gasteiger partial charge >= 0.3 is 5.97 Å². The van der Waals surface area contributed by atoms with E-state index in [9.17, 15) is 29.1 Å². The number of fused-ring (bicyclic) bond motifs is 2. The van der Waals surface area contributed by atoms with Crippen LogP contribution in [0.5, 0.6) is 0 Å². The predicted molar refractivity (Wildman–Crippen MR) is 169 cm³/mol. The molecular formula is C32H39N7O6. The molecule has 10 N–H and O–H groups in total. The number of nitrogens with one attached hydrogen (secondary N) is 5. The molecule has 0 aliphatic heterocycles. The first-order chi connectivity index (χ1) is 21.4. The van der Waals surface area contributed by atoms with E-state index in [1.807, 2.05) is 48.5 Å². The second-order valence-electron chi connectivity index (χ2n) is 11.4. The molecule has 4 aromatic rings. The Bertz CT molecular complexity index is 1690. The zero-order chi connectivity index (χ0) is 32.7. The maximum Gasteiger partial charge on any atom is 0.326 e. The van der Waals surface area contributed by atoms with Crippen LogP contribution in [0, 0.1) is 5.92 Å². The van der Waals surface area contributed by atoms with Gasteiger partial charge in [-0.2, -0.15) is 0 Å². The number of primary amides is 1. The number of aliphatic carboxylic acids is 1. The second-order valence-corrected chi connectivity index (χ2v) is 11.4. The summed E-state index contributed by atoms with van der Waals surface area (Å²) in [4.78, 5) is 70.2. The van der Waals surface area contributed by atoms with Crippen LogP contribution in [-0.2, 0) is 36.8 Å². The van der Waals surface area contributed by atoms with Crippen LogP contribution in [0.25, 0.3) is 21.8 Å². The van der Waals surface area contributed by atoms with Gasteiger partial charge in [0.1, 0.15) is 18.1 Å². The molecule has 45 heavy (non-hydrogen) atoms. The molecule has 0 saturated carbocycles. The molecule has 4 rings (SSSR count). The minimum absolute atomic E-state index is 0.00298. The average Bonchev–Trinajstić information content (AvgIpc) is 3.61. The number of carboxylic acid groups (broad SMARTS) is 1. The fraction of sp³-hybridized carbons (Fsp3) is 0.344. The number of hydrogen-bond donors (Lipinski definition) is 8. The monoisotopic (exact) mass is 617 g/mol. The molecule has 238 valence electrons. The van der Waals surface area contributed by atoms with Gasteiger partial charge in [0.25, 0.3) is 0 Å². The summed E-state index contributed by atoms with van der Waals surface area (Å²) in [6.45, 7) is 3.50. The molecule has 0 spiro atoms. The van der Waals surface area contributed by atoms with Crippen LogP contribution in [0.1, 0.15) is 37.8 Å². The first kappa shape index (κ1) is 32.7. The Kier molecular flexibility index (Phi) is 10.6. The summed E-state index contributed by atoms with van der Waals surface area (Å²) in [6, 6.07) is 10.1. The number of benzene rings is 2. The van der Waals surface area contributed by atoms with E-state index in [1.165, 1.54) is 0 Å². The van der Waals surface area contributed by atoms with Crippen molar-refractivity contribution in [2.75, 3.05) is 0 Å². The summed E-state index contributed by atoms with van der Waals surface area (Å²) in [5.74, 6) is -4.24. The van der Waals surface area contributed by atoms with Crippen LogP contribution in [-0.4, -0.2) is 68.8 Å². The normalized spacial score (nSPS) is 14.0. The molecule has 2 heterocycles. The molecule has 4 unspecified atom stereocenters. The third kappa shape index (κ3) is 8.26. The Labute approximate surface area is 259 Å². The topological polar surface area (TPSA) is 225 Å². The lowest BCUT2D eigenvalue weighted by Gasteiger charge is -2.25. The average molecular weight is 618 g/mol. The Hall–Kier alpha value is -5.17. The number of amides is 4. The highest BCUT2D eigenvalue weighted by atomic mass is 16.4. The molecule has 13 nitrogen and oxygen atoms in total. The summed E-state index contributed by atoms with van der Waals surface area (Å²) in [5.41, 5.74) is 14.3. The van der Waals surface area contributed by atoms with Crippen molar-refractivity contribution in [2.24, 2.45) is 17.4 Å². The van der Waals surface area contributed by atoms with E-state index in [2.05, 4.69) is 25.9 Å². The van der Waals surface area contributed by atoms with E-state index in [0.29, 0.717) is 11.1 Å². The third-order valence-corrected chi connectivity index (χ3v) is 7.78. The number of aromatic nitrogens is 2. The van der Waals surface area contributed by atoms with Gasteiger partial charge in [0.05, 0.1) is 6.04 Å². The third-order valence-electron chi connectivity index (χ3n) is 7.78. The Morgan fingerprint density at radius 3 is 1.71 bits per heavy atom. The van der Waals surface area contributed by atoms with Gasteiger partial charge in [0, 0.05) is 53.5 Å². The molecule has 4 atom stereocenters. The standard InChI is InChI=1S/C32H39N7O6/c1-17(2)28(34)31(43)37-24(11-12-27(33)40)29(41)38-25(13-18-15-35-22-9-5-3-7-20(18)22)30(42)39-26(32(44)45)14-19-16-36-23-10-6-4-8-21(19)23/h3-10,15-17,24-26,28,35-36H,11-14,34H2,1-2H3,(H2,33,40)(H,37,43)(H,38,41)(H,39,42)(H,44,45). The van der Waals surface area contributed by atoms with Crippen molar-refractivity contribution in [1.82, 2.24) is 25.9 Å². The first-order valence-corrected chi connectivity index (χ1v) is 14.7. The number of hydrogen-bond acceptors (Lipinski definition) is 6. The first-order valence-electron chi connectivity index (χ1n) is 14.7. The lowest BCUT2D eigenvalue weighted by molar-refractivity contribution is -0.142. The van der Waals surface area contributed by atoms with Gasteiger partial charge in [-0.05, 0) is 35.6 Å². The van der Waals surface area contributed by atoms with Crippen LogP contribution in [0.3, 0.4) is 0 Å². The highest BCUT2D eigenvalue weighted by Gasteiger charge is 2.32. The van der Waals surface area contributed by atoms with Gasteiger partial charge in [-0.1, -0.05) is 50.2 Å². The summed E-state index contributed by atoms with van der Waals surface area (Å²) in [6.07, 6.45) is 3.07. The molecule has 0 saturated heterocycles. The number of carboxylic acids is 1. The molecule has 0 fully saturated rings. The number of nitrogens with two attached hydrogens (primary N) is 2. The van der Waals surface area contributed by atoms with Gasteiger partial charge in [0.15, 0.2) is 0 Å². The Morgan fingerprint density at radius 1 is 0.733 bits per heavy atom. The summed E-state index contributed by atoms with van der Waals surface area (Å²) in [5, 5.41) is 19.5. The molecule has 0 aliphatic carbocycles. The van der Waals surface area contributed by atoms with Crippen LogP contribution in [0.4, 0.5) is 0 Å². The fourth-order valence-corrected chi connectivity index (χ4v) is 5.12. The van der Waals surface area contributed by atoms with E-state index in [0.717, 1.165) is 21.8 Å². The van der Waals surface area contributed by atoms with Crippen LogP contribution >= 0.6 is 0 Å². The van der Waals surface area contributed by atoms with Crippen molar-refractivity contribution < 1.29 is 29.1 Å². The van der Waals surface area contributed by atoms with Crippen molar-refractivity contribution in [2.45, 2.75) is 63.7 Å². The van der Waals surface area contributed by atoms with Crippen molar-refractivity contribution in [1.29, 1.82) is 0 Å². The number of aromatic amines is 2. The number of rotatable bonds is 15. The molecule has 2 aromatic heterocycles. The van der Waals surface area contributed by atoms with Gasteiger partial charge in [-0.25, -0.2) is 4.79 Å². The largest absolute Gasteiger partial charge is 0.480 e. The molecule has 4 amide bonds. The minimum atomic E-state index is -1.31. The fourth-order valence-electron chi connectivity index (χ4n) is 5.12. The van der Waals surface area contributed by atoms with Crippen LogP contribution in [0.15, 0.2) is 60.9 Å². The predicted octanol–water partition coefficient (Wildman–Crippen LogP) is 1.22. The lowest BCUT2D eigenvalue weighted by atomic mass is 10.0. The SMILES string of the molecule is CC(C)C(N)C(=O)NC(CCC(N)=O)C(=O)NC(Cc1c[nH]c2ccccc12)C(=O)NC(Cc1c[nH]c2ccccc12)C(=O)O. The zero-order valence-corrected chi connectivity index (χ0v) is 25.1. The molecule has 0 aliphatic rings. The van der Waals surface area contributed by atoms with E-state index in [4.69, 9.17) is 11.5 Å². The van der Waals surface area contributed by atoms with E-state index in [-0.39, 0.29) is 31.6 Å². The molecule has 2 aromatic carbocycles. The van der Waals surface area contributed by atoms with E-state index in [1.54, 1.807) is 26.2 Å². The summed E-state index contributed by atoms with van der Waals surface area (Å²) < 4.78 is 0. The maximum absolute atomic E-state index is 13.8. The van der Waals surface area contributed by atoms with Gasteiger partial charge in [-0.3, -0.25) is 19.2 Å². The Balaban J connectivity index is 1.60. The van der Waals surface area contributed by atoms with E-state index < -0.39 is 53.8 Å². The minimum Gasteiger partial charge on any atom is -0.480 e. The quantitative estimate of drug-likeness (QED) is 0.0972. The molecule has 0 radical (unpaired) electrons. The van der Waals surface area contributed by atoms with Crippen LogP contribution in [0.2, 0.25) is 0 Å². The Morgan fingerprint density at radius 2 is 1.20 bits per heavy atom. The lowest BCUT2D eigenvalue weighted by Crippen LogP contribution is -2.58. The number of carbonyl (C=O) groups excluding carboxylic acids is 4. The smallest absolute Gasteiger partial charge is 0.326 e. The highest BCUT2D eigenvalue weighted by molar-refractivity contribution is 5.95. The van der Waals surface area contributed by atoms with Crippen molar-refractivity contribution >= 4 is 51.4 Å². The number of para-hydroxylation sites is 2. The van der Waals surface area contributed by atoms with Gasteiger partial charge in [-0.15, -0.1) is 0 Å². The zero-order valence-electron chi connectivity index (χ0n) is 25.1. The summed E-state index contributed by atoms with van der Waals surface area (Å²) >= 11 is 0. The van der Waals surface area contributed by atoms with Crippen LogP contribution < -0.4 is 27.4 Å². The molecule has 0 bridgehead atoms. The van der Waals surface area contributed by atoms with Gasteiger partial charge in [0.2, 0.25) is 23.6 Å². The van der Waals surface area contributed by atoms with Crippen molar-refractivity contribution in [3.8, 4) is 0 Å². The molecular weight excluding hydrogens is 578 g/mol. The van der Waals surface area contributed by atoms with Crippen molar-refractivity contribution in [3.63, 3.8) is 0 Å². The summed E-state index contributed by atoms with van der Waals surface area (Å²) in [7, 11) is 0. The second kappa shape index (κ2) is 14.5.